The van der Waals surface area contributed by atoms with Crippen LogP contribution in [0.15, 0.2) is 24.4 Å². The molecule has 2 aromatic rings. The Bertz CT molecular complexity index is 531. The first-order valence-electron chi connectivity index (χ1n) is 5.98. The Balaban J connectivity index is 2.31. The van der Waals surface area contributed by atoms with E-state index in [9.17, 15) is 0 Å². The minimum atomic E-state index is 0.676. The number of benzene rings is 1. The molecule has 2 N–H and O–H groups in total. The Hall–Kier alpha value is -1.41. The molecule has 2 heteroatoms. The van der Waals surface area contributed by atoms with Crippen LogP contribution in [-0.4, -0.2) is 11.5 Å². The highest BCUT2D eigenvalue weighted by atomic mass is 14.7. The number of rotatable bonds is 2. The molecule has 0 unspecified atom stereocenters. The van der Waals surface area contributed by atoms with Gasteiger partial charge in [0, 0.05) is 23.7 Å². The van der Waals surface area contributed by atoms with Crippen LogP contribution in [0.1, 0.15) is 23.2 Å². The van der Waals surface area contributed by atoms with E-state index in [0.29, 0.717) is 6.54 Å². The summed E-state index contributed by atoms with van der Waals surface area (Å²) >= 11 is 0. The van der Waals surface area contributed by atoms with Gasteiger partial charge < -0.3 is 5.73 Å². The van der Waals surface area contributed by atoms with Gasteiger partial charge in [-0.3, -0.25) is 4.98 Å². The number of nitrogens with two attached hydrogens (primary N) is 1. The summed E-state index contributed by atoms with van der Waals surface area (Å²) in [6.45, 7) is 0.676. The van der Waals surface area contributed by atoms with Crippen molar-refractivity contribution in [2.45, 2.75) is 25.7 Å². The third-order valence-corrected chi connectivity index (χ3v) is 3.47. The van der Waals surface area contributed by atoms with Crippen LogP contribution in [0.4, 0.5) is 0 Å². The fourth-order valence-electron chi connectivity index (χ4n) is 2.76. The molecule has 0 bridgehead atoms. The quantitative estimate of drug-likeness (QED) is 0.829. The fourth-order valence-corrected chi connectivity index (χ4v) is 2.76. The Morgan fingerprint density at radius 1 is 1.19 bits per heavy atom. The summed E-state index contributed by atoms with van der Waals surface area (Å²) in [6, 6.07) is 6.60. The molecule has 0 spiro atoms. The molecular weight excluding hydrogens is 196 g/mol. The zero-order valence-electron chi connectivity index (χ0n) is 9.37. The molecule has 16 heavy (non-hydrogen) atoms. The number of pyridine rings is 1. The molecule has 1 aliphatic rings. The molecule has 1 aromatic carbocycles. The van der Waals surface area contributed by atoms with Crippen LogP contribution < -0.4 is 5.73 Å². The van der Waals surface area contributed by atoms with Crippen molar-refractivity contribution in [3.8, 4) is 0 Å². The van der Waals surface area contributed by atoms with Crippen molar-refractivity contribution in [1.82, 2.24) is 4.98 Å². The third kappa shape index (κ3) is 1.41. The third-order valence-electron chi connectivity index (χ3n) is 3.47. The lowest BCUT2D eigenvalue weighted by atomic mass is 9.99. The lowest BCUT2D eigenvalue weighted by Gasteiger charge is -2.09. The zero-order valence-corrected chi connectivity index (χ0v) is 9.37. The summed E-state index contributed by atoms with van der Waals surface area (Å²) in [4.78, 5) is 4.49. The van der Waals surface area contributed by atoms with Crippen molar-refractivity contribution < 1.29 is 0 Å². The Morgan fingerprint density at radius 3 is 3.00 bits per heavy atom. The van der Waals surface area contributed by atoms with Gasteiger partial charge in [-0.2, -0.15) is 0 Å². The maximum absolute atomic E-state index is 5.66. The van der Waals surface area contributed by atoms with Crippen molar-refractivity contribution in [2.24, 2.45) is 5.73 Å². The van der Waals surface area contributed by atoms with Crippen molar-refractivity contribution in [2.75, 3.05) is 6.54 Å². The van der Waals surface area contributed by atoms with Crippen molar-refractivity contribution >= 4 is 10.8 Å². The number of nitrogens with zero attached hydrogens (tertiary/aromatic N) is 1. The summed E-state index contributed by atoms with van der Waals surface area (Å²) in [5, 5.41) is 2.70. The van der Waals surface area contributed by atoms with Crippen LogP contribution in [0.3, 0.4) is 0 Å². The number of aromatic nitrogens is 1. The van der Waals surface area contributed by atoms with Crippen LogP contribution in [0.5, 0.6) is 0 Å². The lowest BCUT2D eigenvalue weighted by Crippen LogP contribution is -2.05. The van der Waals surface area contributed by atoms with E-state index in [2.05, 4.69) is 23.2 Å². The molecule has 0 radical (unpaired) electrons. The maximum Gasteiger partial charge on any atom is 0.0497 e. The van der Waals surface area contributed by atoms with Crippen molar-refractivity contribution in [1.29, 1.82) is 0 Å². The van der Waals surface area contributed by atoms with Gasteiger partial charge in [0.15, 0.2) is 0 Å². The van der Waals surface area contributed by atoms with E-state index < -0.39 is 0 Å². The predicted molar refractivity (Wildman–Crippen MR) is 66.5 cm³/mol. The summed E-state index contributed by atoms with van der Waals surface area (Å²) in [5.74, 6) is 0. The number of hydrogen-bond donors (Lipinski definition) is 1. The van der Waals surface area contributed by atoms with Crippen LogP contribution >= 0.6 is 0 Å². The van der Waals surface area contributed by atoms with Gasteiger partial charge in [-0.1, -0.05) is 12.1 Å². The van der Waals surface area contributed by atoms with Gasteiger partial charge in [0.2, 0.25) is 0 Å². The van der Waals surface area contributed by atoms with Crippen molar-refractivity contribution in [3.05, 3.63) is 41.2 Å². The van der Waals surface area contributed by atoms with Gasteiger partial charge in [-0.25, -0.2) is 0 Å². The minimum Gasteiger partial charge on any atom is -0.330 e. The Labute approximate surface area is 95.5 Å². The van der Waals surface area contributed by atoms with Crippen LogP contribution in [0, 0.1) is 0 Å². The molecule has 1 heterocycles. The Kier molecular flexibility index (Phi) is 2.37. The highest BCUT2D eigenvalue weighted by Gasteiger charge is 2.16. The molecule has 2 nitrogen and oxygen atoms in total. The first-order valence-corrected chi connectivity index (χ1v) is 5.98. The maximum atomic E-state index is 5.66. The normalized spacial score (nSPS) is 14.3. The Morgan fingerprint density at radius 2 is 2.12 bits per heavy atom. The van der Waals surface area contributed by atoms with E-state index in [1.54, 1.807) is 0 Å². The lowest BCUT2D eigenvalue weighted by molar-refractivity contribution is 0.909. The molecule has 3 rings (SSSR count). The molecule has 82 valence electrons. The first-order chi connectivity index (χ1) is 7.90. The van der Waals surface area contributed by atoms with Gasteiger partial charge in [0.1, 0.15) is 0 Å². The number of aryl methyl sites for hydroxylation is 2. The van der Waals surface area contributed by atoms with Gasteiger partial charge in [-0.05, 0) is 48.4 Å². The smallest absolute Gasteiger partial charge is 0.0497 e. The van der Waals surface area contributed by atoms with E-state index in [0.717, 1.165) is 6.42 Å². The monoisotopic (exact) mass is 212 g/mol. The molecule has 0 saturated heterocycles. The van der Waals surface area contributed by atoms with Gasteiger partial charge >= 0.3 is 0 Å². The molecule has 1 aliphatic carbocycles. The highest BCUT2D eigenvalue weighted by Crippen LogP contribution is 2.31. The van der Waals surface area contributed by atoms with E-state index in [-0.39, 0.29) is 0 Å². The molecule has 0 saturated carbocycles. The van der Waals surface area contributed by atoms with Gasteiger partial charge in [0.25, 0.3) is 0 Å². The first kappa shape index (κ1) is 9.79. The second-order valence-corrected chi connectivity index (χ2v) is 4.45. The zero-order chi connectivity index (χ0) is 11.0. The highest BCUT2D eigenvalue weighted by molar-refractivity contribution is 5.89. The van der Waals surface area contributed by atoms with E-state index in [1.165, 1.54) is 46.9 Å². The average molecular weight is 212 g/mol. The largest absolute Gasteiger partial charge is 0.330 e. The summed E-state index contributed by atoms with van der Waals surface area (Å²) in [5.41, 5.74) is 9.87. The minimum absolute atomic E-state index is 0.676. The fraction of sp³-hybridized carbons (Fsp3) is 0.357. The molecule has 0 fully saturated rings. The standard InChI is InChI=1S/C14H16N2/c15-8-6-13-14-11(7-9-16-13)5-4-10-2-1-3-12(10)14/h4-5,7,9H,1-3,6,8,15H2. The SMILES string of the molecule is NCCc1nccc2ccc3c(c12)CCC3. The van der Waals surface area contributed by atoms with Crippen molar-refractivity contribution in [3.63, 3.8) is 0 Å². The second-order valence-electron chi connectivity index (χ2n) is 4.45. The van der Waals surface area contributed by atoms with E-state index >= 15 is 0 Å². The second kappa shape index (κ2) is 3.87. The predicted octanol–water partition coefficient (Wildman–Crippen LogP) is 2.22. The van der Waals surface area contributed by atoms with Gasteiger partial charge in [0.05, 0.1) is 0 Å². The van der Waals surface area contributed by atoms with E-state index in [1.807, 2.05) is 6.20 Å². The van der Waals surface area contributed by atoms with Crippen LogP contribution in [0.25, 0.3) is 10.8 Å². The average Bonchev–Trinajstić information content (AvgIpc) is 2.77. The molecule has 1 aromatic heterocycles. The molecule has 0 amide bonds. The number of fused-ring (bicyclic) bond motifs is 3. The van der Waals surface area contributed by atoms with Crippen LogP contribution in [-0.2, 0) is 19.3 Å². The summed E-state index contributed by atoms with van der Waals surface area (Å²) in [6.07, 6.45) is 6.49. The molecular formula is C14H16N2. The molecule has 0 aliphatic heterocycles. The number of hydrogen-bond acceptors (Lipinski definition) is 2. The molecule has 0 atom stereocenters. The van der Waals surface area contributed by atoms with Gasteiger partial charge in [-0.15, -0.1) is 0 Å². The topological polar surface area (TPSA) is 38.9 Å². The van der Waals surface area contributed by atoms with Crippen LogP contribution in [0.2, 0.25) is 0 Å². The van der Waals surface area contributed by atoms with E-state index in [4.69, 9.17) is 5.73 Å². The summed E-state index contributed by atoms with van der Waals surface area (Å²) in [7, 11) is 0. The summed E-state index contributed by atoms with van der Waals surface area (Å²) < 4.78 is 0.